The lowest BCUT2D eigenvalue weighted by Gasteiger charge is -2.26. The molecule has 0 bridgehead atoms. The summed E-state index contributed by atoms with van der Waals surface area (Å²) in [5.74, 6) is 0. The third-order valence-electron chi connectivity index (χ3n) is 4.35. The summed E-state index contributed by atoms with van der Waals surface area (Å²) in [6.45, 7) is 5.65. The lowest BCUT2D eigenvalue weighted by atomic mass is 10.1. The Labute approximate surface area is 131 Å². The van der Waals surface area contributed by atoms with Gasteiger partial charge in [-0.1, -0.05) is 17.4 Å². The van der Waals surface area contributed by atoms with E-state index in [1.54, 1.807) is 11.3 Å². The lowest BCUT2D eigenvalue weighted by Crippen LogP contribution is -2.35. The van der Waals surface area contributed by atoms with Gasteiger partial charge in [-0.05, 0) is 31.0 Å². The van der Waals surface area contributed by atoms with E-state index in [0.29, 0.717) is 6.54 Å². The van der Waals surface area contributed by atoms with E-state index < -0.39 is 0 Å². The van der Waals surface area contributed by atoms with Crippen LogP contribution in [-0.2, 0) is 13.0 Å². The van der Waals surface area contributed by atoms with Crippen LogP contribution in [0.25, 0.3) is 10.2 Å². The van der Waals surface area contributed by atoms with Crippen LogP contribution in [0.3, 0.4) is 0 Å². The molecule has 0 unspecified atom stereocenters. The molecule has 0 atom stereocenters. The Hall–Kier alpha value is -2.21. The van der Waals surface area contributed by atoms with E-state index in [1.807, 2.05) is 0 Å². The molecule has 3 aromatic rings. The predicted octanol–water partition coefficient (Wildman–Crippen LogP) is 2.56. The average Bonchev–Trinajstić information content (AvgIpc) is 2.96. The smallest absolute Gasteiger partial charge is 0.255 e. The van der Waals surface area contributed by atoms with Crippen molar-refractivity contribution >= 4 is 26.7 Å². The molecule has 2 aromatic heterocycles. The van der Waals surface area contributed by atoms with Crippen molar-refractivity contribution < 1.29 is 0 Å². The zero-order valence-corrected chi connectivity index (χ0v) is 13.3. The number of hydrogen-bond acceptors (Lipinski definition) is 5. The van der Waals surface area contributed by atoms with Crippen molar-refractivity contribution in [1.29, 1.82) is 0 Å². The predicted molar refractivity (Wildman–Crippen MR) is 88.7 cm³/mol. The van der Waals surface area contributed by atoms with E-state index in [4.69, 9.17) is 4.98 Å². The quantitative estimate of drug-likeness (QED) is 0.750. The van der Waals surface area contributed by atoms with Crippen LogP contribution in [0.4, 0.5) is 5.13 Å². The number of H-pyrrole nitrogens is 1. The van der Waals surface area contributed by atoms with E-state index >= 15 is 0 Å². The first kappa shape index (κ1) is 13.5. The zero-order chi connectivity index (χ0) is 15.3. The molecule has 0 fully saturated rings. The van der Waals surface area contributed by atoms with Crippen molar-refractivity contribution in [2.75, 3.05) is 11.4 Å². The van der Waals surface area contributed by atoms with Gasteiger partial charge in [-0.2, -0.15) is 0 Å². The van der Waals surface area contributed by atoms with Crippen molar-refractivity contribution in [3.63, 3.8) is 0 Å². The highest BCUT2D eigenvalue weighted by Crippen LogP contribution is 2.33. The molecule has 6 heteroatoms. The molecule has 5 nitrogen and oxygen atoms in total. The highest BCUT2D eigenvalue weighted by Gasteiger charge is 2.22. The van der Waals surface area contributed by atoms with Gasteiger partial charge in [-0.25, -0.2) is 9.97 Å². The Morgan fingerprint density at radius 2 is 2.18 bits per heavy atom. The van der Waals surface area contributed by atoms with Crippen LogP contribution < -0.4 is 10.5 Å². The van der Waals surface area contributed by atoms with Gasteiger partial charge in [0.05, 0.1) is 34.3 Å². The van der Waals surface area contributed by atoms with Crippen LogP contribution in [0, 0.1) is 13.8 Å². The number of nitrogens with one attached hydrogen (secondary N) is 1. The van der Waals surface area contributed by atoms with Gasteiger partial charge >= 0.3 is 0 Å². The molecule has 3 heterocycles. The topological polar surface area (TPSA) is 61.9 Å². The minimum absolute atomic E-state index is 0.0390. The number of aromatic amines is 1. The molecule has 1 aliphatic rings. The average molecular weight is 312 g/mol. The van der Waals surface area contributed by atoms with Crippen molar-refractivity contribution in [2.24, 2.45) is 0 Å². The van der Waals surface area contributed by atoms with Gasteiger partial charge in [0.15, 0.2) is 5.13 Å². The molecule has 0 radical (unpaired) electrons. The highest BCUT2D eigenvalue weighted by molar-refractivity contribution is 7.22. The number of hydrogen-bond donors (Lipinski definition) is 1. The van der Waals surface area contributed by atoms with Gasteiger partial charge in [0.25, 0.3) is 5.56 Å². The summed E-state index contributed by atoms with van der Waals surface area (Å²) in [7, 11) is 0. The maximum atomic E-state index is 12.0. The first-order valence-electron chi connectivity index (χ1n) is 7.30. The van der Waals surface area contributed by atoms with E-state index in [2.05, 4.69) is 40.8 Å². The summed E-state index contributed by atoms with van der Waals surface area (Å²) in [5, 5.41) is 0.984. The first-order valence-corrected chi connectivity index (χ1v) is 8.12. The second kappa shape index (κ2) is 4.91. The second-order valence-corrected chi connectivity index (χ2v) is 6.69. The van der Waals surface area contributed by atoms with Crippen LogP contribution in [0.15, 0.2) is 23.3 Å². The fourth-order valence-corrected chi connectivity index (χ4v) is 3.92. The van der Waals surface area contributed by atoms with Gasteiger partial charge in [0, 0.05) is 13.0 Å². The molecule has 1 aromatic carbocycles. The van der Waals surface area contributed by atoms with Crippen molar-refractivity contribution in [1.82, 2.24) is 15.0 Å². The molecule has 4 rings (SSSR count). The molecule has 0 saturated heterocycles. The molecule has 0 aliphatic carbocycles. The number of rotatable bonds is 1. The maximum Gasteiger partial charge on any atom is 0.255 e. The molecule has 0 saturated carbocycles. The fraction of sp³-hybridized carbons (Fsp3) is 0.312. The summed E-state index contributed by atoms with van der Waals surface area (Å²) >= 11 is 1.69. The molecule has 1 aliphatic heterocycles. The number of fused-ring (bicyclic) bond motifs is 2. The summed E-state index contributed by atoms with van der Waals surface area (Å²) in [4.78, 5) is 25.9. The third-order valence-corrected chi connectivity index (χ3v) is 5.43. The molecule has 1 N–H and O–H groups in total. The van der Waals surface area contributed by atoms with Crippen LogP contribution in [0.1, 0.15) is 22.4 Å². The van der Waals surface area contributed by atoms with Crippen LogP contribution in [0.5, 0.6) is 0 Å². The number of aromatic nitrogens is 3. The zero-order valence-electron chi connectivity index (χ0n) is 12.5. The SMILES string of the molecule is Cc1ccc2sc(N3CCc4nc[nH]c(=O)c4C3)nc2c1C. The minimum Gasteiger partial charge on any atom is -0.343 e. The highest BCUT2D eigenvalue weighted by atomic mass is 32.1. The number of thiazole rings is 1. The fourth-order valence-electron chi connectivity index (χ4n) is 2.87. The molecule has 112 valence electrons. The first-order chi connectivity index (χ1) is 10.6. The maximum absolute atomic E-state index is 12.0. The van der Waals surface area contributed by atoms with Gasteiger partial charge in [0.2, 0.25) is 0 Å². The Morgan fingerprint density at radius 1 is 1.32 bits per heavy atom. The molecule has 0 amide bonds. The molecular weight excluding hydrogens is 296 g/mol. The third kappa shape index (κ3) is 2.02. The van der Waals surface area contributed by atoms with Gasteiger partial charge < -0.3 is 9.88 Å². The van der Waals surface area contributed by atoms with E-state index in [-0.39, 0.29) is 5.56 Å². The molecule has 22 heavy (non-hydrogen) atoms. The molecule has 0 spiro atoms. The molecular formula is C16H16N4OS. The van der Waals surface area contributed by atoms with Crippen LogP contribution in [-0.4, -0.2) is 21.5 Å². The summed E-state index contributed by atoms with van der Waals surface area (Å²) < 4.78 is 1.20. The van der Waals surface area contributed by atoms with Gasteiger partial charge in [-0.15, -0.1) is 0 Å². The Balaban J connectivity index is 1.76. The normalized spacial score (nSPS) is 14.4. The Morgan fingerprint density at radius 3 is 3.05 bits per heavy atom. The Bertz CT molecular complexity index is 928. The largest absolute Gasteiger partial charge is 0.343 e. The lowest BCUT2D eigenvalue weighted by molar-refractivity contribution is 0.696. The monoisotopic (exact) mass is 312 g/mol. The second-order valence-electron chi connectivity index (χ2n) is 5.68. The number of nitrogens with zero attached hydrogens (tertiary/aromatic N) is 3. The number of anilines is 1. The van der Waals surface area contributed by atoms with Gasteiger partial charge in [0.1, 0.15) is 0 Å². The standard InChI is InChI=1S/C16H16N4OS/c1-9-3-4-13-14(10(9)2)19-16(22-13)20-6-5-12-11(7-20)15(21)18-8-17-12/h3-4,8H,5-7H2,1-2H3,(H,17,18,21). The van der Waals surface area contributed by atoms with Gasteiger partial charge in [-0.3, -0.25) is 4.79 Å². The van der Waals surface area contributed by atoms with Crippen molar-refractivity contribution in [2.45, 2.75) is 26.8 Å². The summed E-state index contributed by atoms with van der Waals surface area (Å²) in [5.41, 5.74) is 5.20. The van der Waals surface area contributed by atoms with E-state index in [1.165, 1.54) is 22.2 Å². The number of aryl methyl sites for hydroxylation is 2. The van der Waals surface area contributed by atoms with Crippen LogP contribution in [0.2, 0.25) is 0 Å². The van der Waals surface area contributed by atoms with E-state index in [0.717, 1.165) is 34.9 Å². The Kier molecular flexibility index (Phi) is 3.00. The summed E-state index contributed by atoms with van der Waals surface area (Å²) in [6.07, 6.45) is 2.27. The number of benzene rings is 1. The van der Waals surface area contributed by atoms with E-state index in [9.17, 15) is 4.79 Å². The summed E-state index contributed by atoms with van der Waals surface area (Å²) in [6, 6.07) is 4.27. The van der Waals surface area contributed by atoms with Crippen molar-refractivity contribution in [3.8, 4) is 0 Å². The minimum atomic E-state index is -0.0390. The van der Waals surface area contributed by atoms with Crippen LogP contribution >= 0.6 is 11.3 Å². The van der Waals surface area contributed by atoms with Crippen molar-refractivity contribution in [3.05, 3.63) is 51.2 Å².